The van der Waals surface area contributed by atoms with Crippen molar-refractivity contribution in [2.24, 2.45) is 5.73 Å². The van der Waals surface area contributed by atoms with Gasteiger partial charge in [-0.05, 0) is 29.3 Å². The van der Waals surface area contributed by atoms with Crippen LogP contribution in [0.25, 0.3) is 0 Å². The van der Waals surface area contributed by atoms with Crippen LogP contribution in [0, 0.1) is 0 Å². The molecule has 19 heavy (non-hydrogen) atoms. The third kappa shape index (κ3) is 2.83. The van der Waals surface area contributed by atoms with Gasteiger partial charge in [0.2, 0.25) is 0 Å². The molecule has 0 radical (unpaired) electrons. The van der Waals surface area contributed by atoms with Crippen molar-refractivity contribution in [3.05, 3.63) is 58.6 Å². The van der Waals surface area contributed by atoms with Gasteiger partial charge in [0.05, 0.1) is 20.3 Å². The second-order valence-electron chi connectivity index (χ2n) is 4.11. The maximum Gasteiger partial charge on any atom is 0.161 e. The Bertz CT molecular complexity index is 572. The highest BCUT2D eigenvalue weighted by Crippen LogP contribution is 2.33. The predicted octanol–water partition coefficient (Wildman–Crippen LogP) is 3.41. The SMILES string of the molecule is COc1ccc([C@@H](N)c2ccccc2Cl)cc1OC. The van der Waals surface area contributed by atoms with Gasteiger partial charge >= 0.3 is 0 Å². The van der Waals surface area contributed by atoms with Crippen LogP contribution in [-0.4, -0.2) is 14.2 Å². The molecule has 0 aliphatic heterocycles. The minimum Gasteiger partial charge on any atom is -0.493 e. The number of nitrogens with two attached hydrogens (primary N) is 1. The highest BCUT2D eigenvalue weighted by molar-refractivity contribution is 6.31. The number of ether oxygens (including phenoxy) is 2. The van der Waals surface area contributed by atoms with Gasteiger partial charge in [-0.1, -0.05) is 35.9 Å². The first-order valence-corrected chi connectivity index (χ1v) is 6.27. The lowest BCUT2D eigenvalue weighted by atomic mass is 9.99. The summed E-state index contributed by atoms with van der Waals surface area (Å²) in [6.07, 6.45) is 0. The molecule has 2 N–H and O–H groups in total. The Morgan fingerprint density at radius 1 is 1.00 bits per heavy atom. The Morgan fingerprint density at radius 2 is 1.68 bits per heavy atom. The molecule has 0 amide bonds. The topological polar surface area (TPSA) is 44.5 Å². The average molecular weight is 278 g/mol. The first kappa shape index (κ1) is 13.7. The van der Waals surface area contributed by atoms with Crippen molar-refractivity contribution < 1.29 is 9.47 Å². The summed E-state index contributed by atoms with van der Waals surface area (Å²) in [5.41, 5.74) is 8.06. The number of methoxy groups -OCH3 is 2. The summed E-state index contributed by atoms with van der Waals surface area (Å²) in [5.74, 6) is 1.33. The molecule has 0 bridgehead atoms. The average Bonchev–Trinajstić information content (AvgIpc) is 2.46. The summed E-state index contributed by atoms with van der Waals surface area (Å²) in [6.45, 7) is 0. The van der Waals surface area contributed by atoms with Gasteiger partial charge in [0, 0.05) is 5.02 Å². The van der Waals surface area contributed by atoms with Crippen molar-refractivity contribution >= 4 is 11.6 Å². The lowest BCUT2D eigenvalue weighted by Crippen LogP contribution is -2.12. The highest BCUT2D eigenvalue weighted by Gasteiger charge is 2.14. The van der Waals surface area contributed by atoms with E-state index in [9.17, 15) is 0 Å². The van der Waals surface area contributed by atoms with E-state index in [1.165, 1.54) is 0 Å². The van der Waals surface area contributed by atoms with Crippen LogP contribution in [0.3, 0.4) is 0 Å². The zero-order chi connectivity index (χ0) is 13.8. The summed E-state index contributed by atoms with van der Waals surface area (Å²) in [4.78, 5) is 0. The molecule has 0 heterocycles. The largest absolute Gasteiger partial charge is 0.493 e. The predicted molar refractivity (Wildman–Crippen MR) is 77.0 cm³/mol. The van der Waals surface area contributed by atoms with Crippen molar-refractivity contribution in [1.29, 1.82) is 0 Å². The van der Waals surface area contributed by atoms with Crippen LogP contribution < -0.4 is 15.2 Å². The Balaban J connectivity index is 2.39. The van der Waals surface area contributed by atoms with E-state index in [0.717, 1.165) is 11.1 Å². The van der Waals surface area contributed by atoms with E-state index < -0.39 is 0 Å². The van der Waals surface area contributed by atoms with Crippen LogP contribution in [0.4, 0.5) is 0 Å². The molecule has 0 spiro atoms. The number of rotatable bonds is 4. The third-order valence-corrected chi connectivity index (χ3v) is 3.35. The molecule has 0 unspecified atom stereocenters. The Labute approximate surface area is 117 Å². The fraction of sp³-hybridized carbons (Fsp3) is 0.200. The standard InChI is InChI=1S/C15H16ClNO2/c1-18-13-8-7-10(9-14(13)19-2)15(17)11-5-3-4-6-12(11)16/h3-9,15H,17H2,1-2H3/t15-/m1/s1. The maximum atomic E-state index is 6.25. The molecule has 2 aromatic carbocycles. The second kappa shape index (κ2) is 5.95. The monoisotopic (exact) mass is 277 g/mol. The number of hydrogen-bond donors (Lipinski definition) is 1. The highest BCUT2D eigenvalue weighted by atomic mass is 35.5. The minimum absolute atomic E-state index is 0.298. The minimum atomic E-state index is -0.298. The van der Waals surface area contributed by atoms with E-state index in [1.54, 1.807) is 14.2 Å². The van der Waals surface area contributed by atoms with Crippen molar-refractivity contribution in [3.8, 4) is 11.5 Å². The van der Waals surface area contributed by atoms with Crippen LogP contribution in [0.5, 0.6) is 11.5 Å². The van der Waals surface area contributed by atoms with E-state index >= 15 is 0 Å². The van der Waals surface area contributed by atoms with Crippen LogP contribution >= 0.6 is 11.6 Å². The third-order valence-electron chi connectivity index (χ3n) is 3.01. The Hall–Kier alpha value is -1.71. The molecule has 0 saturated heterocycles. The number of hydrogen-bond acceptors (Lipinski definition) is 3. The van der Waals surface area contributed by atoms with Crippen LogP contribution in [0.2, 0.25) is 5.02 Å². The first-order chi connectivity index (χ1) is 9.17. The summed E-state index contributed by atoms with van der Waals surface area (Å²) in [5, 5.41) is 0.657. The van der Waals surface area contributed by atoms with E-state index in [-0.39, 0.29) is 6.04 Å². The molecule has 1 atom stereocenters. The normalized spacial score (nSPS) is 12.0. The molecule has 0 aliphatic carbocycles. The van der Waals surface area contributed by atoms with Crippen molar-refractivity contribution in [2.45, 2.75) is 6.04 Å². The van der Waals surface area contributed by atoms with Crippen LogP contribution in [0.1, 0.15) is 17.2 Å². The van der Waals surface area contributed by atoms with Gasteiger partial charge in [-0.15, -0.1) is 0 Å². The van der Waals surface area contributed by atoms with E-state index in [0.29, 0.717) is 16.5 Å². The molecular weight excluding hydrogens is 262 g/mol. The van der Waals surface area contributed by atoms with Crippen molar-refractivity contribution in [3.63, 3.8) is 0 Å². The van der Waals surface area contributed by atoms with Crippen molar-refractivity contribution in [1.82, 2.24) is 0 Å². The fourth-order valence-electron chi connectivity index (χ4n) is 1.95. The lowest BCUT2D eigenvalue weighted by Gasteiger charge is -2.16. The smallest absolute Gasteiger partial charge is 0.161 e. The summed E-state index contributed by atoms with van der Waals surface area (Å²) in [7, 11) is 3.20. The summed E-state index contributed by atoms with van der Waals surface area (Å²) in [6, 6.07) is 12.9. The first-order valence-electron chi connectivity index (χ1n) is 5.89. The van der Waals surface area contributed by atoms with Crippen LogP contribution in [0.15, 0.2) is 42.5 Å². The molecule has 2 aromatic rings. The van der Waals surface area contributed by atoms with E-state index in [4.69, 9.17) is 26.8 Å². The molecule has 2 rings (SSSR count). The summed E-state index contributed by atoms with van der Waals surface area (Å²) < 4.78 is 10.5. The quantitative estimate of drug-likeness (QED) is 0.931. The number of halogens is 1. The number of benzene rings is 2. The van der Waals surface area contributed by atoms with Crippen LogP contribution in [-0.2, 0) is 0 Å². The Kier molecular flexibility index (Phi) is 4.30. The molecule has 0 fully saturated rings. The molecule has 0 aliphatic rings. The van der Waals surface area contributed by atoms with Gasteiger partial charge < -0.3 is 15.2 Å². The zero-order valence-electron chi connectivity index (χ0n) is 10.9. The summed E-state index contributed by atoms with van der Waals surface area (Å²) >= 11 is 6.17. The van der Waals surface area contributed by atoms with Crippen molar-refractivity contribution in [2.75, 3.05) is 14.2 Å². The molecular formula is C15H16ClNO2. The van der Waals surface area contributed by atoms with E-state index in [2.05, 4.69) is 0 Å². The fourth-order valence-corrected chi connectivity index (χ4v) is 2.21. The van der Waals surface area contributed by atoms with Gasteiger partial charge in [0.1, 0.15) is 0 Å². The molecule has 0 saturated carbocycles. The molecule has 3 nitrogen and oxygen atoms in total. The van der Waals surface area contributed by atoms with Gasteiger partial charge in [0.25, 0.3) is 0 Å². The van der Waals surface area contributed by atoms with Gasteiger partial charge in [-0.2, -0.15) is 0 Å². The molecule has 100 valence electrons. The van der Waals surface area contributed by atoms with Gasteiger partial charge in [-0.3, -0.25) is 0 Å². The van der Waals surface area contributed by atoms with Gasteiger partial charge in [0.15, 0.2) is 11.5 Å². The van der Waals surface area contributed by atoms with E-state index in [1.807, 2.05) is 42.5 Å². The van der Waals surface area contributed by atoms with Gasteiger partial charge in [-0.25, -0.2) is 0 Å². The molecule has 0 aromatic heterocycles. The molecule has 4 heteroatoms. The maximum absolute atomic E-state index is 6.25. The second-order valence-corrected chi connectivity index (χ2v) is 4.52. The zero-order valence-corrected chi connectivity index (χ0v) is 11.6. The lowest BCUT2D eigenvalue weighted by molar-refractivity contribution is 0.354. The Morgan fingerprint density at radius 3 is 2.32 bits per heavy atom.